The summed E-state index contributed by atoms with van der Waals surface area (Å²) in [5.74, 6) is -0.296. The van der Waals surface area contributed by atoms with Crippen LogP contribution in [0.1, 0.15) is 44.9 Å². The molecule has 4 N–H and O–H groups in total. The molecule has 0 unspecified atom stereocenters. The quantitative estimate of drug-likeness (QED) is 0.316. The lowest BCUT2D eigenvalue weighted by Gasteiger charge is -2.12. The lowest BCUT2D eigenvalue weighted by Crippen LogP contribution is -2.18. The van der Waals surface area contributed by atoms with Crippen LogP contribution in [0.25, 0.3) is 0 Å². The van der Waals surface area contributed by atoms with Gasteiger partial charge in [-0.25, -0.2) is 4.89 Å². The van der Waals surface area contributed by atoms with Crippen molar-refractivity contribution in [3.8, 4) is 0 Å². The molecule has 0 bridgehead atoms. The summed E-state index contributed by atoms with van der Waals surface area (Å²) in [6.07, 6.45) is 10.4. The summed E-state index contributed by atoms with van der Waals surface area (Å²) in [6.45, 7) is 0. The minimum absolute atomic E-state index is 0. The molecule has 1 aliphatic carbocycles. The van der Waals surface area contributed by atoms with Crippen molar-refractivity contribution in [1.29, 1.82) is 0 Å². The Hall–Kier alpha value is -1.24. The molecule has 1 saturated heterocycles. The van der Waals surface area contributed by atoms with E-state index >= 15 is 0 Å². The average Bonchev–Trinajstić information content (AvgIpc) is 2.63. The molecule has 2 aliphatic rings. The molecule has 1 heterocycles. The molecule has 18 heavy (non-hydrogen) atoms. The maximum atomic E-state index is 10.1. The number of allylic oxidation sites excluding steroid dienone is 2. The fourth-order valence-corrected chi connectivity index (χ4v) is 1.74. The molecule has 1 fully saturated rings. The summed E-state index contributed by atoms with van der Waals surface area (Å²) in [5, 5.41) is 10.5. The molecular weight excluding hydrogens is 238 g/mol. The number of carbonyl (C=O) groups is 2. The molecule has 6 heteroatoms. The Morgan fingerprint density at radius 1 is 1.11 bits per heavy atom. The lowest BCUT2D eigenvalue weighted by molar-refractivity contribution is -0.281. The van der Waals surface area contributed by atoms with Crippen LogP contribution in [0.4, 0.5) is 0 Å². The Labute approximate surface area is 106 Å². The first-order chi connectivity index (χ1) is 8.22. The second kappa shape index (κ2) is 9.76. The second-order valence-electron chi connectivity index (χ2n) is 4.18. The maximum absolute atomic E-state index is 10.1. The minimum atomic E-state index is -0.148. The van der Waals surface area contributed by atoms with Crippen LogP contribution in [0.15, 0.2) is 12.2 Å². The van der Waals surface area contributed by atoms with Crippen LogP contribution in [0.3, 0.4) is 0 Å². The summed E-state index contributed by atoms with van der Waals surface area (Å²) in [6, 6.07) is 0. The van der Waals surface area contributed by atoms with Gasteiger partial charge in [0.15, 0.2) is 0 Å². The van der Waals surface area contributed by atoms with E-state index < -0.39 is 0 Å². The summed E-state index contributed by atoms with van der Waals surface area (Å²) in [7, 11) is 0. The van der Waals surface area contributed by atoms with E-state index in [1.807, 2.05) is 0 Å². The molecule has 1 atom stereocenters. The van der Waals surface area contributed by atoms with Crippen molar-refractivity contribution in [1.82, 2.24) is 5.32 Å². The number of hydrogen-bond acceptors (Lipinski definition) is 4. The predicted octanol–water partition coefficient (Wildman–Crippen LogP) is 0.963. The number of rotatable bonds is 1. The van der Waals surface area contributed by atoms with E-state index in [1.165, 1.54) is 0 Å². The highest BCUT2D eigenvalue weighted by atomic mass is 17.1. The molecule has 2 rings (SSSR count). The Balaban J connectivity index is 0.000000321. The van der Waals surface area contributed by atoms with E-state index in [0.717, 1.165) is 32.1 Å². The van der Waals surface area contributed by atoms with Gasteiger partial charge in [-0.3, -0.25) is 20.2 Å². The molecular formula is C12H21NO5. The van der Waals surface area contributed by atoms with Gasteiger partial charge in [0.05, 0.1) is 6.10 Å². The third-order valence-electron chi connectivity index (χ3n) is 2.73. The number of nitrogens with one attached hydrogen (secondary N) is 1. The van der Waals surface area contributed by atoms with Crippen LogP contribution in [-0.4, -0.2) is 28.7 Å². The minimum Gasteiger partial charge on any atom is -0.412 e. The normalized spacial score (nSPS) is 24.8. The third-order valence-corrected chi connectivity index (χ3v) is 2.73. The number of amides is 2. The molecule has 0 aromatic carbocycles. The van der Waals surface area contributed by atoms with Gasteiger partial charge in [-0.2, -0.15) is 0 Å². The monoisotopic (exact) mass is 259 g/mol. The van der Waals surface area contributed by atoms with Crippen molar-refractivity contribution in [3.63, 3.8) is 0 Å². The van der Waals surface area contributed by atoms with Crippen LogP contribution in [0.2, 0.25) is 0 Å². The smallest absolute Gasteiger partial charge is 0.227 e. The van der Waals surface area contributed by atoms with Crippen molar-refractivity contribution < 1.29 is 25.2 Å². The van der Waals surface area contributed by atoms with E-state index in [-0.39, 0.29) is 23.4 Å². The topological polar surface area (TPSA) is 107 Å². The molecule has 2 amide bonds. The fraction of sp³-hybridized carbons (Fsp3) is 0.667. The Kier molecular flexibility index (Phi) is 9.08. The summed E-state index contributed by atoms with van der Waals surface area (Å²) in [5.41, 5.74) is 0. The SMILES string of the molecule is O.O=C1CCC(=O)N1.OO[C@@H]1CC/C=C/CCC1. The highest BCUT2D eigenvalue weighted by molar-refractivity contribution is 6.01. The zero-order valence-electron chi connectivity index (χ0n) is 10.4. The van der Waals surface area contributed by atoms with Crippen molar-refractivity contribution in [2.45, 2.75) is 51.0 Å². The first kappa shape index (κ1) is 16.8. The van der Waals surface area contributed by atoms with Crippen LogP contribution in [0, 0.1) is 0 Å². The highest BCUT2D eigenvalue weighted by Gasteiger charge is 2.15. The van der Waals surface area contributed by atoms with E-state index in [9.17, 15) is 9.59 Å². The molecule has 104 valence electrons. The van der Waals surface area contributed by atoms with Gasteiger partial charge >= 0.3 is 0 Å². The van der Waals surface area contributed by atoms with Gasteiger partial charge in [0, 0.05) is 12.8 Å². The first-order valence-electron chi connectivity index (χ1n) is 6.00. The molecule has 0 aromatic heterocycles. The number of hydrogen-bond donors (Lipinski definition) is 2. The van der Waals surface area contributed by atoms with E-state index in [0.29, 0.717) is 12.8 Å². The van der Waals surface area contributed by atoms with Crippen molar-refractivity contribution >= 4 is 11.8 Å². The maximum Gasteiger partial charge on any atom is 0.227 e. The molecule has 0 spiro atoms. The summed E-state index contributed by atoms with van der Waals surface area (Å²) < 4.78 is 0. The summed E-state index contributed by atoms with van der Waals surface area (Å²) >= 11 is 0. The van der Waals surface area contributed by atoms with Gasteiger partial charge in [-0.1, -0.05) is 12.2 Å². The van der Waals surface area contributed by atoms with Crippen molar-refractivity contribution in [3.05, 3.63) is 12.2 Å². The molecule has 0 aromatic rings. The Morgan fingerprint density at radius 3 is 2.22 bits per heavy atom. The van der Waals surface area contributed by atoms with Crippen molar-refractivity contribution in [2.24, 2.45) is 0 Å². The number of imide groups is 1. The van der Waals surface area contributed by atoms with E-state index in [2.05, 4.69) is 22.4 Å². The molecule has 0 saturated carbocycles. The summed E-state index contributed by atoms with van der Waals surface area (Å²) in [4.78, 5) is 24.5. The standard InChI is InChI=1S/C8H14O2.C4H5NO2.H2O/c9-10-8-6-4-2-1-3-5-7-8;6-3-1-2-4(7)5-3;/h1-2,8-9H,3-7H2;1-2H2,(H,5,6,7);1H2/b2-1+;;/t8-;;/m1../s1. The Morgan fingerprint density at radius 2 is 1.72 bits per heavy atom. The zero-order valence-corrected chi connectivity index (χ0v) is 10.4. The van der Waals surface area contributed by atoms with Crippen LogP contribution < -0.4 is 5.32 Å². The van der Waals surface area contributed by atoms with E-state index in [4.69, 9.17) is 5.26 Å². The van der Waals surface area contributed by atoms with Crippen molar-refractivity contribution in [2.75, 3.05) is 0 Å². The molecule has 6 nitrogen and oxygen atoms in total. The average molecular weight is 259 g/mol. The highest BCUT2D eigenvalue weighted by Crippen LogP contribution is 2.13. The lowest BCUT2D eigenvalue weighted by atomic mass is 10.0. The molecule has 1 aliphatic heterocycles. The van der Waals surface area contributed by atoms with Gasteiger partial charge in [0.1, 0.15) is 0 Å². The number of carbonyl (C=O) groups excluding carboxylic acids is 2. The van der Waals surface area contributed by atoms with Crippen LogP contribution >= 0.6 is 0 Å². The first-order valence-corrected chi connectivity index (χ1v) is 6.00. The van der Waals surface area contributed by atoms with Gasteiger partial charge in [-0.15, -0.1) is 0 Å². The van der Waals surface area contributed by atoms with Gasteiger partial charge in [-0.05, 0) is 32.1 Å². The predicted molar refractivity (Wildman–Crippen MR) is 65.7 cm³/mol. The second-order valence-corrected chi connectivity index (χ2v) is 4.18. The van der Waals surface area contributed by atoms with E-state index in [1.54, 1.807) is 0 Å². The Bertz CT molecular complexity index is 276. The third kappa shape index (κ3) is 7.16. The van der Waals surface area contributed by atoms with Crippen LogP contribution in [0.5, 0.6) is 0 Å². The molecule has 0 radical (unpaired) electrons. The fourth-order valence-electron chi connectivity index (χ4n) is 1.74. The largest absolute Gasteiger partial charge is 0.412 e. The van der Waals surface area contributed by atoms with Gasteiger partial charge in [0.2, 0.25) is 11.8 Å². The van der Waals surface area contributed by atoms with Crippen LogP contribution in [-0.2, 0) is 14.5 Å². The van der Waals surface area contributed by atoms with Gasteiger partial charge < -0.3 is 5.48 Å². The van der Waals surface area contributed by atoms with Gasteiger partial charge in [0.25, 0.3) is 0 Å². The zero-order chi connectivity index (χ0) is 12.5.